The normalized spacial score (nSPS) is 15.5. The molecule has 1 atom stereocenters. The maximum absolute atomic E-state index is 14.2. The molecule has 1 aliphatic heterocycles. The van der Waals surface area contributed by atoms with E-state index in [4.69, 9.17) is 9.63 Å². The Morgan fingerprint density at radius 3 is 2.58 bits per heavy atom. The highest BCUT2D eigenvalue weighted by Gasteiger charge is 2.41. The molecule has 2 N–H and O–H groups in total. The van der Waals surface area contributed by atoms with Crippen LogP contribution in [0.5, 0.6) is 0 Å². The molecule has 1 saturated heterocycles. The van der Waals surface area contributed by atoms with Crippen LogP contribution in [0.25, 0.3) is 0 Å². The third-order valence-electron chi connectivity index (χ3n) is 5.47. The van der Waals surface area contributed by atoms with E-state index >= 15 is 0 Å². The SMILES string of the molecule is O=[P+](O)OCCCNCc1ccc(SCCCCC2(c3ccccc3F)COC2)cc1. The van der Waals surface area contributed by atoms with Crippen molar-refractivity contribution in [2.75, 3.05) is 32.1 Å². The Hall–Kier alpha value is -1.34. The fraction of sp³-hybridized carbons (Fsp3) is 0.478. The van der Waals surface area contributed by atoms with E-state index in [1.807, 2.05) is 23.9 Å². The number of rotatable bonds is 14. The molecular formula is C23H30FNO4PS+. The van der Waals surface area contributed by atoms with Gasteiger partial charge in [-0.15, -0.1) is 21.2 Å². The molecule has 0 saturated carbocycles. The summed E-state index contributed by atoms with van der Waals surface area (Å²) in [6.45, 7) is 3.01. The lowest BCUT2D eigenvalue weighted by molar-refractivity contribution is -0.0668. The molecule has 0 spiro atoms. The molecule has 2 aromatic rings. The van der Waals surface area contributed by atoms with E-state index in [0.29, 0.717) is 19.6 Å². The van der Waals surface area contributed by atoms with Crippen molar-refractivity contribution >= 4 is 20.0 Å². The minimum atomic E-state index is -2.49. The van der Waals surface area contributed by atoms with Crippen LogP contribution in [-0.2, 0) is 25.8 Å². The zero-order valence-electron chi connectivity index (χ0n) is 17.6. The van der Waals surface area contributed by atoms with E-state index in [2.05, 4.69) is 34.1 Å². The van der Waals surface area contributed by atoms with Crippen LogP contribution in [0.15, 0.2) is 53.4 Å². The molecule has 3 rings (SSSR count). The first-order valence-electron chi connectivity index (χ1n) is 10.6. The van der Waals surface area contributed by atoms with Crippen molar-refractivity contribution in [2.24, 2.45) is 0 Å². The molecule has 168 valence electrons. The van der Waals surface area contributed by atoms with Gasteiger partial charge in [0.05, 0.1) is 13.2 Å². The van der Waals surface area contributed by atoms with Crippen LogP contribution in [-0.4, -0.2) is 37.0 Å². The van der Waals surface area contributed by atoms with Gasteiger partial charge in [-0.25, -0.2) is 4.39 Å². The molecule has 5 nitrogen and oxygen atoms in total. The fourth-order valence-electron chi connectivity index (χ4n) is 3.71. The van der Waals surface area contributed by atoms with Crippen molar-refractivity contribution in [3.63, 3.8) is 0 Å². The molecule has 0 bridgehead atoms. The number of nitrogens with one attached hydrogen (secondary N) is 1. The molecule has 31 heavy (non-hydrogen) atoms. The number of benzene rings is 2. The van der Waals surface area contributed by atoms with Crippen LogP contribution in [0.2, 0.25) is 0 Å². The number of hydrogen-bond acceptors (Lipinski definition) is 5. The second kappa shape index (κ2) is 12.6. The van der Waals surface area contributed by atoms with Crippen LogP contribution in [0, 0.1) is 5.82 Å². The first kappa shape index (κ1) is 24.3. The summed E-state index contributed by atoms with van der Waals surface area (Å²) < 4.78 is 34.7. The lowest BCUT2D eigenvalue weighted by Gasteiger charge is -2.42. The van der Waals surface area contributed by atoms with Gasteiger partial charge in [-0.05, 0) is 60.9 Å². The number of unbranched alkanes of at least 4 members (excludes halogenated alkanes) is 1. The summed E-state index contributed by atoms with van der Waals surface area (Å²) in [6.07, 6.45) is 3.80. The van der Waals surface area contributed by atoms with Crippen molar-refractivity contribution in [3.05, 3.63) is 65.5 Å². The zero-order valence-corrected chi connectivity index (χ0v) is 19.3. The van der Waals surface area contributed by atoms with Crippen molar-refractivity contribution in [3.8, 4) is 0 Å². The molecule has 8 heteroatoms. The molecule has 0 radical (unpaired) electrons. The van der Waals surface area contributed by atoms with Crippen LogP contribution in [0.1, 0.15) is 36.8 Å². The first-order chi connectivity index (χ1) is 15.1. The third kappa shape index (κ3) is 7.63. The van der Waals surface area contributed by atoms with Gasteiger partial charge in [0.25, 0.3) is 0 Å². The van der Waals surface area contributed by atoms with Gasteiger partial charge in [0.15, 0.2) is 0 Å². The van der Waals surface area contributed by atoms with Crippen LogP contribution < -0.4 is 5.32 Å². The predicted octanol–water partition coefficient (Wildman–Crippen LogP) is 5.20. The summed E-state index contributed by atoms with van der Waals surface area (Å²) in [4.78, 5) is 9.81. The minimum absolute atomic E-state index is 0.120. The van der Waals surface area contributed by atoms with Gasteiger partial charge >= 0.3 is 8.25 Å². The second-order valence-electron chi connectivity index (χ2n) is 7.80. The van der Waals surface area contributed by atoms with E-state index in [-0.39, 0.29) is 17.8 Å². The molecule has 0 aromatic heterocycles. The van der Waals surface area contributed by atoms with Gasteiger partial charge in [-0.2, -0.15) is 0 Å². The molecule has 1 aliphatic rings. The highest BCUT2D eigenvalue weighted by atomic mass is 32.2. The summed E-state index contributed by atoms with van der Waals surface area (Å²) in [5, 5.41) is 3.30. The Balaban J connectivity index is 1.31. The summed E-state index contributed by atoms with van der Waals surface area (Å²) in [6, 6.07) is 15.6. The fourth-order valence-corrected chi connectivity index (χ4v) is 4.90. The molecule has 1 unspecified atom stereocenters. The number of ether oxygens (including phenoxy) is 1. The summed E-state index contributed by atoms with van der Waals surface area (Å²) in [7, 11) is -2.49. The Bertz CT molecular complexity index is 833. The maximum Gasteiger partial charge on any atom is 0.694 e. The molecule has 1 heterocycles. The average Bonchev–Trinajstić information content (AvgIpc) is 2.73. The van der Waals surface area contributed by atoms with Gasteiger partial charge < -0.3 is 10.1 Å². The average molecular weight is 467 g/mol. The van der Waals surface area contributed by atoms with E-state index in [1.54, 1.807) is 12.1 Å². The smallest absolute Gasteiger partial charge is 0.379 e. The largest absolute Gasteiger partial charge is 0.694 e. The monoisotopic (exact) mass is 466 g/mol. The Labute approximate surface area is 188 Å². The van der Waals surface area contributed by atoms with E-state index in [1.165, 1.54) is 10.5 Å². The highest BCUT2D eigenvalue weighted by molar-refractivity contribution is 7.99. The molecular weight excluding hydrogens is 436 g/mol. The summed E-state index contributed by atoms with van der Waals surface area (Å²) in [5.41, 5.74) is 1.86. The lowest BCUT2D eigenvalue weighted by Crippen LogP contribution is -2.47. The molecule has 0 amide bonds. The van der Waals surface area contributed by atoms with E-state index < -0.39 is 8.25 Å². The zero-order chi connectivity index (χ0) is 21.9. The Kier molecular flexibility index (Phi) is 9.91. The van der Waals surface area contributed by atoms with Gasteiger partial charge in [-0.1, -0.05) is 36.8 Å². The number of halogens is 1. The summed E-state index contributed by atoms with van der Waals surface area (Å²) >= 11 is 1.85. The van der Waals surface area contributed by atoms with Gasteiger partial charge in [0.1, 0.15) is 12.4 Å². The Morgan fingerprint density at radius 1 is 1.13 bits per heavy atom. The van der Waals surface area contributed by atoms with Crippen molar-refractivity contribution in [1.82, 2.24) is 5.32 Å². The molecule has 0 aliphatic carbocycles. The lowest BCUT2D eigenvalue weighted by atomic mass is 9.74. The molecule has 1 fully saturated rings. The quantitative estimate of drug-likeness (QED) is 0.227. The molecule has 2 aromatic carbocycles. The Morgan fingerprint density at radius 2 is 1.90 bits per heavy atom. The van der Waals surface area contributed by atoms with E-state index in [9.17, 15) is 8.96 Å². The third-order valence-corrected chi connectivity index (χ3v) is 6.97. The number of thioether (sulfide) groups is 1. The first-order valence-corrected chi connectivity index (χ1v) is 12.7. The van der Waals surface area contributed by atoms with Crippen molar-refractivity contribution < 1.29 is 23.1 Å². The van der Waals surface area contributed by atoms with Gasteiger partial charge in [0.2, 0.25) is 0 Å². The number of hydrogen-bond donors (Lipinski definition) is 2. The minimum Gasteiger partial charge on any atom is -0.379 e. The predicted molar refractivity (Wildman–Crippen MR) is 122 cm³/mol. The van der Waals surface area contributed by atoms with Gasteiger partial charge in [-0.3, -0.25) is 0 Å². The van der Waals surface area contributed by atoms with Crippen LogP contribution in [0.4, 0.5) is 4.39 Å². The van der Waals surface area contributed by atoms with Crippen molar-refractivity contribution in [2.45, 2.75) is 42.5 Å². The topological polar surface area (TPSA) is 67.8 Å². The van der Waals surface area contributed by atoms with Crippen LogP contribution in [0.3, 0.4) is 0 Å². The standard InChI is InChI=1S/C23H29FNO4PS/c24-22-7-2-1-6-21(22)23(17-28-18-23)12-3-4-15-31-20-10-8-19(9-11-20)16-25-13-5-14-29-30(26)27/h1-2,6-11,25H,3-5,12-18H2/p+1. The highest BCUT2D eigenvalue weighted by Crippen LogP contribution is 2.38. The maximum atomic E-state index is 14.2. The summed E-state index contributed by atoms with van der Waals surface area (Å²) in [5.74, 6) is 0.920. The van der Waals surface area contributed by atoms with Crippen molar-refractivity contribution in [1.29, 1.82) is 0 Å². The van der Waals surface area contributed by atoms with Gasteiger partial charge in [0, 0.05) is 21.4 Å². The van der Waals surface area contributed by atoms with Crippen LogP contribution >= 0.6 is 20.0 Å². The second-order valence-corrected chi connectivity index (χ2v) is 9.71. The van der Waals surface area contributed by atoms with E-state index in [0.717, 1.165) is 43.7 Å².